The third kappa shape index (κ3) is 4.83. The van der Waals surface area contributed by atoms with Gasteiger partial charge in [0.1, 0.15) is 0 Å². The predicted molar refractivity (Wildman–Crippen MR) is 129 cm³/mol. The summed E-state index contributed by atoms with van der Waals surface area (Å²) in [6.07, 6.45) is 3.09. The first kappa shape index (κ1) is 21.2. The van der Waals surface area contributed by atoms with Crippen molar-refractivity contribution in [2.75, 3.05) is 4.90 Å². The van der Waals surface area contributed by atoms with Gasteiger partial charge in [-0.2, -0.15) is 0 Å². The number of pyridine rings is 1. The molecule has 0 aliphatic carbocycles. The van der Waals surface area contributed by atoms with Crippen molar-refractivity contribution in [1.29, 1.82) is 0 Å². The highest BCUT2D eigenvalue weighted by Gasteiger charge is 2.22. The van der Waals surface area contributed by atoms with Crippen LogP contribution in [0.4, 0.5) is 5.13 Å². The van der Waals surface area contributed by atoms with E-state index in [0.29, 0.717) is 18.9 Å². The SMILES string of the molecule is CCc1ccc(CC(=O)N(Cc2ccccn2)c2nc3c(C(C)C)cccc3s2)cc1. The smallest absolute Gasteiger partial charge is 0.233 e. The summed E-state index contributed by atoms with van der Waals surface area (Å²) in [6.45, 7) is 6.88. The fourth-order valence-corrected chi connectivity index (χ4v) is 4.64. The van der Waals surface area contributed by atoms with E-state index in [4.69, 9.17) is 4.98 Å². The van der Waals surface area contributed by atoms with Crippen molar-refractivity contribution >= 4 is 32.6 Å². The number of carbonyl (C=O) groups is 1. The Hall–Kier alpha value is -3.05. The highest BCUT2D eigenvalue weighted by atomic mass is 32.1. The number of hydrogen-bond donors (Lipinski definition) is 0. The van der Waals surface area contributed by atoms with Crippen molar-refractivity contribution in [3.05, 3.63) is 89.2 Å². The van der Waals surface area contributed by atoms with Crippen LogP contribution in [-0.4, -0.2) is 15.9 Å². The third-order valence-electron chi connectivity index (χ3n) is 5.43. The van der Waals surface area contributed by atoms with Crippen LogP contribution in [0.5, 0.6) is 0 Å². The lowest BCUT2D eigenvalue weighted by atomic mass is 10.0. The van der Waals surface area contributed by atoms with Gasteiger partial charge in [-0.15, -0.1) is 0 Å². The summed E-state index contributed by atoms with van der Waals surface area (Å²) < 4.78 is 1.10. The first-order valence-electron chi connectivity index (χ1n) is 10.7. The molecule has 5 heteroatoms. The zero-order valence-corrected chi connectivity index (χ0v) is 19.0. The number of nitrogens with zero attached hydrogens (tertiary/aromatic N) is 3. The molecular weight excluding hydrogens is 402 g/mol. The maximum absolute atomic E-state index is 13.4. The van der Waals surface area contributed by atoms with E-state index < -0.39 is 0 Å². The van der Waals surface area contributed by atoms with Crippen molar-refractivity contribution in [3.63, 3.8) is 0 Å². The zero-order chi connectivity index (χ0) is 21.8. The Bertz CT molecular complexity index is 1170. The van der Waals surface area contributed by atoms with Crippen LogP contribution >= 0.6 is 11.3 Å². The van der Waals surface area contributed by atoms with Crippen LogP contribution in [0.2, 0.25) is 0 Å². The lowest BCUT2D eigenvalue weighted by Crippen LogP contribution is -2.32. The molecule has 0 unspecified atom stereocenters. The quantitative estimate of drug-likeness (QED) is 0.354. The maximum atomic E-state index is 13.4. The largest absolute Gasteiger partial charge is 0.282 e. The number of carbonyl (C=O) groups excluding carboxylic acids is 1. The number of amides is 1. The molecule has 2 heterocycles. The van der Waals surface area contributed by atoms with Crippen LogP contribution < -0.4 is 4.90 Å². The fraction of sp³-hybridized carbons (Fsp3) is 0.269. The van der Waals surface area contributed by atoms with Crippen LogP contribution in [0.1, 0.15) is 49.1 Å². The summed E-state index contributed by atoms with van der Waals surface area (Å²) in [5.74, 6) is 0.399. The van der Waals surface area contributed by atoms with E-state index in [1.807, 2.05) is 30.3 Å². The van der Waals surface area contributed by atoms with Crippen LogP contribution in [0.25, 0.3) is 10.2 Å². The van der Waals surface area contributed by atoms with Crippen LogP contribution in [0, 0.1) is 0 Å². The van der Waals surface area contributed by atoms with E-state index in [9.17, 15) is 4.79 Å². The summed E-state index contributed by atoms with van der Waals surface area (Å²) in [7, 11) is 0. The lowest BCUT2D eigenvalue weighted by Gasteiger charge is -2.19. The molecule has 0 aliphatic heterocycles. The molecule has 0 fully saturated rings. The van der Waals surface area contributed by atoms with E-state index in [1.165, 1.54) is 11.1 Å². The monoisotopic (exact) mass is 429 g/mol. The minimum Gasteiger partial charge on any atom is -0.282 e. The summed E-state index contributed by atoms with van der Waals surface area (Å²) in [5, 5.41) is 0.726. The molecule has 158 valence electrons. The van der Waals surface area contributed by atoms with Gasteiger partial charge < -0.3 is 0 Å². The Balaban J connectivity index is 1.69. The van der Waals surface area contributed by atoms with Gasteiger partial charge in [0.05, 0.1) is 28.9 Å². The van der Waals surface area contributed by atoms with Gasteiger partial charge in [-0.05, 0) is 47.2 Å². The summed E-state index contributed by atoms with van der Waals surface area (Å²) in [6, 6.07) is 20.3. The van der Waals surface area contributed by atoms with Gasteiger partial charge in [-0.3, -0.25) is 14.7 Å². The van der Waals surface area contributed by atoms with Crippen LogP contribution in [0.3, 0.4) is 0 Å². The number of rotatable bonds is 7. The Morgan fingerprint density at radius 1 is 1.00 bits per heavy atom. The van der Waals surface area contributed by atoms with E-state index in [2.05, 4.69) is 56.1 Å². The molecule has 2 aromatic heterocycles. The first-order valence-corrected chi connectivity index (χ1v) is 11.5. The van der Waals surface area contributed by atoms with Crippen molar-refractivity contribution in [2.45, 2.75) is 46.1 Å². The van der Waals surface area contributed by atoms with Gasteiger partial charge in [0, 0.05) is 6.20 Å². The molecule has 0 aliphatic rings. The second-order valence-electron chi connectivity index (χ2n) is 7.99. The number of thiazole rings is 1. The van der Waals surface area contributed by atoms with Crippen molar-refractivity contribution in [3.8, 4) is 0 Å². The Morgan fingerprint density at radius 3 is 2.45 bits per heavy atom. The minimum atomic E-state index is 0.0278. The molecule has 0 N–H and O–H groups in total. The van der Waals surface area contributed by atoms with Crippen LogP contribution in [-0.2, 0) is 24.2 Å². The number of benzene rings is 2. The second-order valence-corrected chi connectivity index (χ2v) is 9.00. The number of fused-ring (bicyclic) bond motifs is 1. The molecule has 4 nitrogen and oxygen atoms in total. The summed E-state index contributed by atoms with van der Waals surface area (Å²) in [4.78, 5) is 24.6. The molecule has 1 amide bonds. The number of aryl methyl sites for hydroxylation is 1. The molecule has 4 rings (SSSR count). The summed E-state index contributed by atoms with van der Waals surface area (Å²) in [5.41, 5.74) is 5.33. The number of para-hydroxylation sites is 1. The fourth-order valence-electron chi connectivity index (χ4n) is 3.62. The first-order chi connectivity index (χ1) is 15.0. The molecule has 4 aromatic rings. The van der Waals surface area contributed by atoms with E-state index in [0.717, 1.165) is 33.0 Å². The number of hydrogen-bond acceptors (Lipinski definition) is 4. The minimum absolute atomic E-state index is 0.0278. The topological polar surface area (TPSA) is 46.1 Å². The van der Waals surface area contributed by atoms with E-state index in [-0.39, 0.29) is 5.91 Å². The normalized spacial score (nSPS) is 11.2. The van der Waals surface area contributed by atoms with Gasteiger partial charge in [-0.1, -0.05) is 74.6 Å². The van der Waals surface area contributed by atoms with E-state index >= 15 is 0 Å². The van der Waals surface area contributed by atoms with Crippen molar-refractivity contribution < 1.29 is 4.79 Å². The predicted octanol–water partition coefficient (Wildman–Crippen LogP) is 6.15. The molecule has 0 bridgehead atoms. The molecule has 0 spiro atoms. The Morgan fingerprint density at radius 2 is 1.77 bits per heavy atom. The summed E-state index contributed by atoms with van der Waals surface area (Å²) >= 11 is 1.57. The van der Waals surface area contributed by atoms with Crippen LogP contribution in [0.15, 0.2) is 66.9 Å². The second kappa shape index (κ2) is 9.40. The Kier molecular flexibility index (Phi) is 6.42. The average Bonchev–Trinajstić information content (AvgIpc) is 3.22. The van der Waals surface area contributed by atoms with Gasteiger partial charge in [0.2, 0.25) is 5.91 Å². The maximum Gasteiger partial charge on any atom is 0.233 e. The molecule has 2 aromatic carbocycles. The Labute approximate surface area is 187 Å². The molecule has 0 atom stereocenters. The number of aromatic nitrogens is 2. The lowest BCUT2D eigenvalue weighted by molar-refractivity contribution is -0.118. The molecule has 31 heavy (non-hydrogen) atoms. The highest BCUT2D eigenvalue weighted by Crippen LogP contribution is 2.34. The van der Waals surface area contributed by atoms with Gasteiger partial charge in [0.25, 0.3) is 0 Å². The van der Waals surface area contributed by atoms with Gasteiger partial charge in [0.15, 0.2) is 5.13 Å². The third-order valence-corrected chi connectivity index (χ3v) is 6.47. The van der Waals surface area contributed by atoms with Crippen molar-refractivity contribution in [1.82, 2.24) is 9.97 Å². The van der Waals surface area contributed by atoms with Gasteiger partial charge in [-0.25, -0.2) is 4.98 Å². The van der Waals surface area contributed by atoms with E-state index in [1.54, 1.807) is 22.4 Å². The van der Waals surface area contributed by atoms with Gasteiger partial charge >= 0.3 is 0 Å². The molecule has 0 saturated heterocycles. The molecule has 0 saturated carbocycles. The average molecular weight is 430 g/mol. The molecule has 0 radical (unpaired) electrons. The zero-order valence-electron chi connectivity index (χ0n) is 18.2. The number of anilines is 1. The standard InChI is InChI=1S/C26H27N3OS/c1-4-19-11-13-20(14-12-19)16-24(30)29(17-21-8-5-6-15-27-21)26-28-25-22(18(2)3)9-7-10-23(25)31-26/h5-15,18H,4,16-17H2,1-3H3. The molecular formula is C26H27N3OS. The van der Waals surface area contributed by atoms with Crippen molar-refractivity contribution in [2.24, 2.45) is 0 Å². The highest BCUT2D eigenvalue weighted by molar-refractivity contribution is 7.22.